The number of aliphatic hydroxyl groups excluding tert-OH is 3. The number of hydrogen-bond donors (Lipinski definition) is 4. The van der Waals surface area contributed by atoms with Crippen LogP contribution in [0, 0.1) is 0 Å². The summed E-state index contributed by atoms with van der Waals surface area (Å²) in [6, 6.07) is -0.694. The van der Waals surface area contributed by atoms with Crippen LogP contribution in [0.2, 0.25) is 0 Å². The van der Waals surface area contributed by atoms with Gasteiger partial charge < -0.3 is 30.1 Å². The van der Waals surface area contributed by atoms with E-state index in [-0.39, 0.29) is 0 Å². The lowest BCUT2D eigenvalue weighted by Gasteiger charge is -2.41. The van der Waals surface area contributed by atoms with Gasteiger partial charge in [-0.2, -0.15) is 4.37 Å². The fraction of sp³-hybridized carbons (Fsp3) is 0.778. The predicted octanol–water partition coefficient (Wildman–Crippen LogP) is -1.60. The first kappa shape index (κ1) is 13.6. The third-order valence-electron chi connectivity index (χ3n) is 2.76. The molecule has 5 atom stereocenters. The number of nitrogens with one attached hydrogen (secondary N) is 1. The van der Waals surface area contributed by atoms with Gasteiger partial charge in [0, 0.05) is 18.6 Å². The third kappa shape index (κ3) is 2.60. The van der Waals surface area contributed by atoms with Gasteiger partial charge in [-0.1, -0.05) is 0 Å². The summed E-state index contributed by atoms with van der Waals surface area (Å²) in [4.78, 5) is 3.92. The molecule has 1 aliphatic rings. The number of ether oxygens (including phenoxy) is 2. The molecular weight excluding hydrogens is 262 g/mol. The molecule has 0 amide bonds. The first-order valence-corrected chi connectivity index (χ1v) is 6.13. The fourth-order valence-electron chi connectivity index (χ4n) is 1.82. The summed E-state index contributed by atoms with van der Waals surface area (Å²) in [6.45, 7) is -0.399. The summed E-state index contributed by atoms with van der Waals surface area (Å²) >= 11 is 1.11. The Hall–Kier alpha value is -0.840. The minimum Gasteiger partial charge on any atom is -0.394 e. The molecule has 2 heterocycles. The van der Waals surface area contributed by atoms with Gasteiger partial charge in [0.15, 0.2) is 6.29 Å². The highest BCUT2D eigenvalue weighted by Gasteiger charge is 2.44. The molecule has 9 heteroatoms. The summed E-state index contributed by atoms with van der Waals surface area (Å²) in [6.07, 6.45) is -2.66. The number of methoxy groups -OCH3 is 1. The molecule has 1 unspecified atom stereocenters. The maximum absolute atomic E-state index is 10.0. The Kier molecular flexibility index (Phi) is 4.43. The highest BCUT2D eigenvalue weighted by molar-refractivity contribution is 7.09. The van der Waals surface area contributed by atoms with Crippen molar-refractivity contribution in [2.75, 3.05) is 19.0 Å². The minimum absolute atomic E-state index is 0.399. The van der Waals surface area contributed by atoms with E-state index in [1.54, 1.807) is 0 Å². The summed E-state index contributed by atoms with van der Waals surface area (Å²) < 4.78 is 14.2. The van der Waals surface area contributed by atoms with E-state index in [1.807, 2.05) is 0 Å². The molecule has 0 saturated carbocycles. The quantitative estimate of drug-likeness (QED) is 0.520. The summed E-state index contributed by atoms with van der Waals surface area (Å²) in [5.74, 6) is 0. The topological polar surface area (TPSA) is 117 Å². The molecule has 102 valence electrons. The highest BCUT2D eigenvalue weighted by atomic mass is 32.1. The van der Waals surface area contributed by atoms with Crippen LogP contribution in [0.5, 0.6) is 0 Å². The zero-order valence-corrected chi connectivity index (χ0v) is 10.4. The molecule has 1 saturated heterocycles. The van der Waals surface area contributed by atoms with Crippen LogP contribution >= 0.6 is 11.5 Å². The van der Waals surface area contributed by atoms with Gasteiger partial charge >= 0.3 is 0 Å². The van der Waals surface area contributed by atoms with Crippen LogP contribution in [0.25, 0.3) is 0 Å². The first-order valence-electron chi connectivity index (χ1n) is 5.35. The van der Waals surface area contributed by atoms with Crippen molar-refractivity contribution in [1.29, 1.82) is 0 Å². The molecule has 0 bridgehead atoms. The largest absolute Gasteiger partial charge is 0.394 e. The third-order valence-corrected chi connectivity index (χ3v) is 3.36. The van der Waals surface area contributed by atoms with Gasteiger partial charge in [0.2, 0.25) is 5.13 Å². The highest BCUT2D eigenvalue weighted by Crippen LogP contribution is 2.24. The lowest BCUT2D eigenvalue weighted by molar-refractivity contribution is -0.254. The van der Waals surface area contributed by atoms with Crippen LogP contribution in [0.4, 0.5) is 5.13 Å². The summed E-state index contributed by atoms with van der Waals surface area (Å²) in [5, 5.41) is 32.2. The van der Waals surface area contributed by atoms with Crippen molar-refractivity contribution in [3.05, 3.63) is 6.33 Å². The Morgan fingerprint density at radius 3 is 2.83 bits per heavy atom. The molecule has 1 aromatic rings. The average molecular weight is 277 g/mol. The second-order valence-corrected chi connectivity index (χ2v) is 4.64. The van der Waals surface area contributed by atoms with Crippen molar-refractivity contribution < 1.29 is 24.8 Å². The summed E-state index contributed by atoms with van der Waals surface area (Å²) in [7, 11) is 1.41. The van der Waals surface area contributed by atoms with E-state index in [4.69, 9.17) is 14.6 Å². The molecule has 0 aromatic carbocycles. The van der Waals surface area contributed by atoms with Gasteiger partial charge in [0.1, 0.15) is 30.7 Å². The first-order chi connectivity index (χ1) is 8.67. The maximum Gasteiger partial charge on any atom is 0.202 e. The number of hydrogen-bond acceptors (Lipinski definition) is 9. The molecule has 1 aromatic heterocycles. The second-order valence-electron chi connectivity index (χ2n) is 3.86. The molecule has 1 fully saturated rings. The Morgan fingerprint density at radius 2 is 2.28 bits per heavy atom. The van der Waals surface area contributed by atoms with Gasteiger partial charge in [-0.25, -0.2) is 4.98 Å². The molecule has 0 radical (unpaired) electrons. The minimum atomic E-state index is -1.20. The van der Waals surface area contributed by atoms with Gasteiger partial charge in [0.05, 0.1) is 6.61 Å². The van der Waals surface area contributed by atoms with Crippen molar-refractivity contribution >= 4 is 16.7 Å². The predicted molar refractivity (Wildman–Crippen MR) is 62.1 cm³/mol. The molecule has 2 rings (SSSR count). The van der Waals surface area contributed by atoms with Crippen LogP contribution in [0.15, 0.2) is 6.33 Å². The van der Waals surface area contributed by atoms with E-state index >= 15 is 0 Å². The number of nitrogens with zero attached hydrogens (tertiary/aromatic N) is 2. The van der Waals surface area contributed by atoms with E-state index in [9.17, 15) is 10.2 Å². The van der Waals surface area contributed by atoms with Crippen LogP contribution in [0.1, 0.15) is 0 Å². The number of anilines is 1. The van der Waals surface area contributed by atoms with E-state index in [0.717, 1.165) is 11.5 Å². The lowest BCUT2D eigenvalue weighted by Crippen LogP contribution is -2.61. The molecule has 0 spiro atoms. The molecule has 8 nitrogen and oxygen atoms in total. The zero-order chi connectivity index (χ0) is 13.1. The Balaban J connectivity index is 2.11. The molecule has 4 N–H and O–H groups in total. The van der Waals surface area contributed by atoms with E-state index in [1.165, 1.54) is 13.4 Å². The van der Waals surface area contributed by atoms with E-state index in [2.05, 4.69) is 14.7 Å². The number of aromatic nitrogens is 2. The van der Waals surface area contributed by atoms with Gasteiger partial charge in [0.25, 0.3) is 0 Å². The van der Waals surface area contributed by atoms with E-state index in [0.29, 0.717) is 5.13 Å². The van der Waals surface area contributed by atoms with Crippen molar-refractivity contribution in [1.82, 2.24) is 9.36 Å². The standard InChI is InChI=1S/C9H15N3O5S/c1-16-8-5(12-9-10-3-11-18-9)7(15)6(14)4(2-13)17-8/h3-8,13-15H,2H2,1H3,(H,10,11,12)/t4-,5+,6+,7-,8?/m1/s1. The van der Waals surface area contributed by atoms with Crippen LogP contribution in [0.3, 0.4) is 0 Å². The Labute approximate surface area is 107 Å². The van der Waals surface area contributed by atoms with Crippen molar-refractivity contribution in [3.8, 4) is 0 Å². The second kappa shape index (κ2) is 5.87. The van der Waals surface area contributed by atoms with Crippen molar-refractivity contribution in [3.63, 3.8) is 0 Å². The average Bonchev–Trinajstić information content (AvgIpc) is 2.88. The lowest BCUT2D eigenvalue weighted by atomic mass is 9.97. The smallest absolute Gasteiger partial charge is 0.202 e. The SMILES string of the molecule is COC1O[C@H](CO)[C@H](O)[C@H](O)[C@@H]1Nc1ncns1. The number of aliphatic hydroxyl groups is 3. The molecule has 18 heavy (non-hydrogen) atoms. The van der Waals surface area contributed by atoms with Crippen LogP contribution < -0.4 is 5.32 Å². The molecular formula is C9H15N3O5S. The van der Waals surface area contributed by atoms with Crippen LogP contribution in [-0.4, -0.2) is 69.0 Å². The zero-order valence-electron chi connectivity index (χ0n) is 9.63. The Bertz CT molecular complexity index is 363. The van der Waals surface area contributed by atoms with Gasteiger partial charge in [-0.05, 0) is 0 Å². The van der Waals surface area contributed by atoms with Gasteiger partial charge in [-0.15, -0.1) is 0 Å². The monoisotopic (exact) mass is 277 g/mol. The summed E-state index contributed by atoms with van der Waals surface area (Å²) in [5.41, 5.74) is 0. The fourth-order valence-corrected chi connectivity index (χ4v) is 2.29. The van der Waals surface area contributed by atoms with Crippen LogP contribution in [-0.2, 0) is 9.47 Å². The molecule has 1 aliphatic heterocycles. The van der Waals surface area contributed by atoms with E-state index < -0.39 is 37.3 Å². The number of rotatable bonds is 4. The van der Waals surface area contributed by atoms with Gasteiger partial charge in [-0.3, -0.25) is 0 Å². The maximum atomic E-state index is 10.0. The van der Waals surface area contributed by atoms with Crippen molar-refractivity contribution in [2.24, 2.45) is 0 Å². The Morgan fingerprint density at radius 1 is 1.50 bits per heavy atom. The van der Waals surface area contributed by atoms with Crippen molar-refractivity contribution in [2.45, 2.75) is 30.6 Å². The normalized spacial score (nSPS) is 36.6. The molecule has 0 aliphatic carbocycles.